The SMILES string of the molecule is CCOC(C(=N)N)c1c(OC)cccc1OC. The van der Waals surface area contributed by atoms with E-state index in [9.17, 15) is 0 Å². The Balaban J connectivity index is 3.27. The number of nitrogens with two attached hydrogens (primary N) is 1. The highest BCUT2D eigenvalue weighted by atomic mass is 16.5. The number of rotatable bonds is 6. The van der Waals surface area contributed by atoms with Gasteiger partial charge in [0.25, 0.3) is 0 Å². The fourth-order valence-electron chi connectivity index (χ4n) is 1.63. The highest BCUT2D eigenvalue weighted by molar-refractivity contribution is 5.84. The molecular weight excluding hydrogens is 220 g/mol. The average Bonchev–Trinajstić information content (AvgIpc) is 2.34. The van der Waals surface area contributed by atoms with Crippen LogP contribution < -0.4 is 15.2 Å². The van der Waals surface area contributed by atoms with Gasteiger partial charge in [0.2, 0.25) is 0 Å². The highest BCUT2D eigenvalue weighted by Crippen LogP contribution is 2.35. The van der Waals surface area contributed by atoms with Gasteiger partial charge in [0.1, 0.15) is 23.4 Å². The van der Waals surface area contributed by atoms with E-state index in [4.69, 9.17) is 25.4 Å². The van der Waals surface area contributed by atoms with Crippen LogP contribution in [-0.2, 0) is 4.74 Å². The molecule has 3 N–H and O–H groups in total. The third kappa shape index (κ3) is 2.88. The zero-order valence-electron chi connectivity index (χ0n) is 10.3. The number of amidine groups is 1. The molecule has 0 aliphatic carbocycles. The lowest BCUT2D eigenvalue weighted by atomic mass is 10.1. The van der Waals surface area contributed by atoms with Crippen molar-refractivity contribution in [2.24, 2.45) is 5.73 Å². The third-order valence-corrected chi connectivity index (χ3v) is 2.34. The van der Waals surface area contributed by atoms with E-state index < -0.39 is 6.10 Å². The van der Waals surface area contributed by atoms with E-state index in [-0.39, 0.29) is 5.84 Å². The minimum atomic E-state index is -0.647. The van der Waals surface area contributed by atoms with Crippen LogP contribution in [0.25, 0.3) is 0 Å². The molecule has 0 saturated heterocycles. The van der Waals surface area contributed by atoms with Crippen molar-refractivity contribution in [3.63, 3.8) is 0 Å². The fourth-order valence-corrected chi connectivity index (χ4v) is 1.63. The fraction of sp³-hybridized carbons (Fsp3) is 0.417. The van der Waals surface area contributed by atoms with Gasteiger partial charge < -0.3 is 19.9 Å². The summed E-state index contributed by atoms with van der Waals surface area (Å²) < 4.78 is 16.0. The van der Waals surface area contributed by atoms with Crippen molar-refractivity contribution < 1.29 is 14.2 Å². The van der Waals surface area contributed by atoms with Crippen LogP contribution in [-0.4, -0.2) is 26.7 Å². The molecular formula is C12H18N2O3. The Morgan fingerprint density at radius 3 is 2.18 bits per heavy atom. The van der Waals surface area contributed by atoms with E-state index in [0.717, 1.165) is 0 Å². The summed E-state index contributed by atoms with van der Waals surface area (Å²) in [5.41, 5.74) is 6.19. The van der Waals surface area contributed by atoms with Gasteiger partial charge >= 0.3 is 0 Å². The molecule has 5 nitrogen and oxygen atoms in total. The van der Waals surface area contributed by atoms with Crippen molar-refractivity contribution in [2.45, 2.75) is 13.0 Å². The van der Waals surface area contributed by atoms with Crippen molar-refractivity contribution >= 4 is 5.84 Å². The van der Waals surface area contributed by atoms with Gasteiger partial charge in [-0.2, -0.15) is 0 Å². The van der Waals surface area contributed by atoms with Crippen molar-refractivity contribution in [1.29, 1.82) is 5.41 Å². The van der Waals surface area contributed by atoms with Crippen molar-refractivity contribution in [1.82, 2.24) is 0 Å². The molecule has 5 heteroatoms. The summed E-state index contributed by atoms with van der Waals surface area (Å²) in [6, 6.07) is 5.38. The second kappa shape index (κ2) is 6.10. The first-order chi connectivity index (χ1) is 8.15. The van der Waals surface area contributed by atoms with Gasteiger partial charge in [-0.1, -0.05) is 6.07 Å². The normalized spacial score (nSPS) is 11.9. The molecule has 1 atom stereocenters. The molecule has 0 bridgehead atoms. The molecule has 1 aromatic rings. The lowest BCUT2D eigenvalue weighted by molar-refractivity contribution is 0.104. The Bertz CT molecular complexity index is 371. The molecule has 0 spiro atoms. The van der Waals surface area contributed by atoms with Gasteiger partial charge in [0.15, 0.2) is 0 Å². The average molecular weight is 238 g/mol. The van der Waals surface area contributed by atoms with Gasteiger partial charge in [0, 0.05) is 6.61 Å². The lowest BCUT2D eigenvalue weighted by Crippen LogP contribution is -2.24. The smallest absolute Gasteiger partial charge is 0.146 e. The van der Waals surface area contributed by atoms with Crippen LogP contribution in [0.1, 0.15) is 18.6 Å². The molecule has 0 aromatic heterocycles. The number of benzene rings is 1. The minimum Gasteiger partial charge on any atom is -0.496 e. The molecule has 94 valence electrons. The van der Waals surface area contributed by atoms with Crippen molar-refractivity contribution in [3.8, 4) is 11.5 Å². The summed E-state index contributed by atoms with van der Waals surface area (Å²) >= 11 is 0. The number of ether oxygens (including phenoxy) is 3. The lowest BCUT2D eigenvalue weighted by Gasteiger charge is -2.21. The predicted molar refractivity (Wildman–Crippen MR) is 65.8 cm³/mol. The Kier molecular flexibility index (Phi) is 4.78. The van der Waals surface area contributed by atoms with Crippen LogP contribution in [0, 0.1) is 5.41 Å². The van der Waals surface area contributed by atoms with E-state index in [1.165, 1.54) is 0 Å². The molecule has 0 saturated carbocycles. The van der Waals surface area contributed by atoms with Crippen LogP contribution in [0.15, 0.2) is 18.2 Å². The Labute approximate surface area is 101 Å². The molecule has 0 aliphatic heterocycles. The summed E-state index contributed by atoms with van der Waals surface area (Å²) in [5.74, 6) is 1.12. The topological polar surface area (TPSA) is 77.6 Å². The first-order valence-corrected chi connectivity index (χ1v) is 5.32. The van der Waals surface area contributed by atoms with Crippen LogP contribution in [0.3, 0.4) is 0 Å². The van der Waals surface area contributed by atoms with Gasteiger partial charge in [0.05, 0.1) is 19.8 Å². The Morgan fingerprint density at radius 2 is 1.82 bits per heavy atom. The number of hydrogen-bond acceptors (Lipinski definition) is 4. The number of hydrogen-bond donors (Lipinski definition) is 2. The van der Waals surface area contributed by atoms with Crippen LogP contribution in [0.2, 0.25) is 0 Å². The maximum absolute atomic E-state index is 7.58. The summed E-state index contributed by atoms with van der Waals surface area (Å²) in [4.78, 5) is 0. The minimum absolute atomic E-state index is 0.0744. The quantitative estimate of drug-likeness (QED) is 0.584. The maximum atomic E-state index is 7.58. The van der Waals surface area contributed by atoms with E-state index in [2.05, 4.69) is 0 Å². The van der Waals surface area contributed by atoms with Gasteiger partial charge in [-0.25, -0.2) is 0 Å². The van der Waals surface area contributed by atoms with E-state index in [1.54, 1.807) is 26.4 Å². The van der Waals surface area contributed by atoms with Crippen molar-refractivity contribution in [3.05, 3.63) is 23.8 Å². The molecule has 0 radical (unpaired) electrons. The highest BCUT2D eigenvalue weighted by Gasteiger charge is 2.23. The summed E-state index contributed by atoms with van der Waals surface area (Å²) in [6.45, 7) is 2.29. The van der Waals surface area contributed by atoms with Gasteiger partial charge in [-0.15, -0.1) is 0 Å². The summed E-state index contributed by atoms with van der Waals surface area (Å²) in [6.07, 6.45) is -0.647. The Hall–Kier alpha value is -1.75. The third-order valence-electron chi connectivity index (χ3n) is 2.34. The van der Waals surface area contributed by atoms with Crippen LogP contribution in [0.5, 0.6) is 11.5 Å². The van der Waals surface area contributed by atoms with E-state index in [0.29, 0.717) is 23.7 Å². The first-order valence-electron chi connectivity index (χ1n) is 5.32. The summed E-state index contributed by atoms with van der Waals surface area (Å²) in [7, 11) is 3.11. The zero-order valence-corrected chi connectivity index (χ0v) is 10.3. The molecule has 1 rings (SSSR count). The second-order valence-electron chi connectivity index (χ2n) is 3.37. The number of nitrogens with one attached hydrogen (secondary N) is 1. The van der Waals surface area contributed by atoms with Crippen molar-refractivity contribution in [2.75, 3.05) is 20.8 Å². The molecule has 0 heterocycles. The molecule has 0 aliphatic rings. The summed E-state index contributed by atoms with van der Waals surface area (Å²) in [5, 5.41) is 7.58. The molecule has 1 aromatic carbocycles. The standard InChI is InChI=1S/C12H18N2O3/c1-4-17-11(12(13)14)10-8(15-2)6-5-7-9(10)16-3/h5-7,11H,4H2,1-3H3,(H3,13,14). The van der Waals surface area contributed by atoms with Crippen LogP contribution in [0.4, 0.5) is 0 Å². The number of methoxy groups -OCH3 is 2. The predicted octanol–water partition coefficient (Wildman–Crippen LogP) is 1.72. The molecule has 0 fully saturated rings. The monoisotopic (exact) mass is 238 g/mol. The van der Waals surface area contributed by atoms with Crippen LogP contribution >= 0.6 is 0 Å². The zero-order chi connectivity index (χ0) is 12.8. The second-order valence-corrected chi connectivity index (χ2v) is 3.37. The van der Waals surface area contributed by atoms with Gasteiger partial charge in [-0.05, 0) is 19.1 Å². The largest absolute Gasteiger partial charge is 0.496 e. The van der Waals surface area contributed by atoms with E-state index >= 15 is 0 Å². The van der Waals surface area contributed by atoms with E-state index in [1.807, 2.05) is 13.0 Å². The van der Waals surface area contributed by atoms with Gasteiger partial charge in [-0.3, -0.25) is 5.41 Å². The Morgan fingerprint density at radius 1 is 1.29 bits per heavy atom. The molecule has 1 unspecified atom stereocenters. The molecule has 17 heavy (non-hydrogen) atoms. The first kappa shape index (κ1) is 13.3. The molecule has 0 amide bonds. The maximum Gasteiger partial charge on any atom is 0.146 e.